The number of aromatic nitrogens is 1. The number of nitrogens with zero attached hydrogens (tertiary/aromatic N) is 1. The molecule has 6 heteroatoms. The lowest BCUT2D eigenvalue weighted by Crippen LogP contribution is -2.27. The fourth-order valence-corrected chi connectivity index (χ4v) is 1.55. The summed E-state index contributed by atoms with van der Waals surface area (Å²) in [6.45, 7) is 1.76. The Morgan fingerprint density at radius 2 is 2.00 bits per heavy atom. The van der Waals surface area contributed by atoms with Crippen LogP contribution < -0.4 is 0 Å². The maximum atomic E-state index is 11.6. The summed E-state index contributed by atoms with van der Waals surface area (Å²) < 4.78 is 4.77. The summed E-state index contributed by atoms with van der Waals surface area (Å²) >= 11 is 0. The third kappa shape index (κ3) is 3.81. The van der Waals surface area contributed by atoms with E-state index in [1.165, 1.54) is 24.5 Å². The Hall–Kier alpha value is -1.95. The highest BCUT2D eigenvalue weighted by Gasteiger charge is 2.31. The Morgan fingerprint density at radius 3 is 2.50 bits per heavy atom. The summed E-state index contributed by atoms with van der Waals surface area (Å²) in [5.41, 5.74) is 0.435. The number of hydrogen-bond donors (Lipinski definition) is 2. The van der Waals surface area contributed by atoms with Crippen molar-refractivity contribution in [2.24, 2.45) is 5.92 Å². The quantitative estimate of drug-likeness (QED) is 0.727. The van der Waals surface area contributed by atoms with Crippen molar-refractivity contribution in [3.8, 4) is 0 Å². The summed E-state index contributed by atoms with van der Waals surface area (Å²) in [4.78, 5) is 26.1. The first-order valence-electron chi connectivity index (χ1n) is 5.52. The van der Waals surface area contributed by atoms with Crippen molar-refractivity contribution >= 4 is 11.9 Å². The number of pyridine rings is 1. The highest BCUT2D eigenvalue weighted by molar-refractivity contribution is 5.79. The number of ether oxygens (including phenoxy) is 1. The SMILES string of the molecule is CCOC(=O)C(CC(=O)O)C(O)c1ccncc1. The van der Waals surface area contributed by atoms with Gasteiger partial charge in [-0.1, -0.05) is 0 Å². The van der Waals surface area contributed by atoms with Crippen LogP contribution >= 0.6 is 0 Å². The molecule has 0 bridgehead atoms. The van der Waals surface area contributed by atoms with Crippen molar-refractivity contribution in [3.63, 3.8) is 0 Å². The number of aliphatic hydroxyl groups excluding tert-OH is 1. The molecule has 0 amide bonds. The van der Waals surface area contributed by atoms with Crippen molar-refractivity contribution < 1.29 is 24.5 Å². The minimum absolute atomic E-state index is 0.137. The van der Waals surface area contributed by atoms with E-state index in [0.717, 1.165) is 0 Å². The van der Waals surface area contributed by atoms with Gasteiger partial charge >= 0.3 is 11.9 Å². The zero-order valence-corrected chi connectivity index (χ0v) is 9.94. The second-order valence-corrected chi connectivity index (χ2v) is 3.68. The molecular formula is C12H15NO5. The van der Waals surface area contributed by atoms with Crippen molar-refractivity contribution in [3.05, 3.63) is 30.1 Å². The second-order valence-electron chi connectivity index (χ2n) is 3.68. The molecule has 0 radical (unpaired) electrons. The number of carbonyl (C=O) groups excluding carboxylic acids is 1. The second kappa shape index (κ2) is 6.70. The first-order chi connectivity index (χ1) is 8.56. The molecule has 0 spiro atoms. The standard InChI is InChI=1S/C12H15NO5/c1-2-18-12(17)9(7-10(14)15)11(16)8-3-5-13-6-4-8/h3-6,9,11,16H,2,7H2,1H3,(H,14,15). The Morgan fingerprint density at radius 1 is 1.39 bits per heavy atom. The van der Waals surface area contributed by atoms with Gasteiger partial charge in [0.05, 0.1) is 25.0 Å². The zero-order valence-electron chi connectivity index (χ0n) is 9.94. The largest absolute Gasteiger partial charge is 0.481 e. The predicted molar refractivity (Wildman–Crippen MR) is 61.6 cm³/mol. The Bertz CT molecular complexity index is 406. The third-order valence-corrected chi connectivity index (χ3v) is 2.41. The number of aliphatic carboxylic acids is 1. The molecular weight excluding hydrogens is 238 g/mol. The highest BCUT2D eigenvalue weighted by atomic mass is 16.5. The molecule has 2 N–H and O–H groups in total. The van der Waals surface area contributed by atoms with Gasteiger partial charge in [0, 0.05) is 12.4 Å². The number of rotatable bonds is 6. The fraction of sp³-hybridized carbons (Fsp3) is 0.417. The smallest absolute Gasteiger partial charge is 0.312 e. The van der Waals surface area contributed by atoms with E-state index in [2.05, 4.69) is 4.98 Å². The van der Waals surface area contributed by atoms with Crippen LogP contribution in [0.3, 0.4) is 0 Å². The van der Waals surface area contributed by atoms with E-state index in [0.29, 0.717) is 5.56 Å². The summed E-state index contributed by atoms with van der Waals surface area (Å²) in [7, 11) is 0. The van der Waals surface area contributed by atoms with Crippen LogP contribution in [0.2, 0.25) is 0 Å². The number of carbonyl (C=O) groups is 2. The zero-order chi connectivity index (χ0) is 13.5. The van der Waals surface area contributed by atoms with E-state index >= 15 is 0 Å². The van der Waals surface area contributed by atoms with Gasteiger partial charge in [-0.3, -0.25) is 14.6 Å². The molecule has 2 atom stereocenters. The molecule has 2 unspecified atom stereocenters. The normalized spacial score (nSPS) is 13.7. The molecule has 1 heterocycles. The molecule has 0 aliphatic rings. The van der Waals surface area contributed by atoms with Gasteiger partial charge in [-0.15, -0.1) is 0 Å². The first-order valence-corrected chi connectivity index (χ1v) is 5.52. The van der Waals surface area contributed by atoms with E-state index in [1.807, 2.05) is 0 Å². The maximum absolute atomic E-state index is 11.6. The molecule has 18 heavy (non-hydrogen) atoms. The molecule has 0 aliphatic heterocycles. The van der Waals surface area contributed by atoms with Gasteiger partial charge in [0.1, 0.15) is 0 Å². The molecule has 1 aromatic rings. The number of aliphatic hydroxyl groups is 1. The van der Waals surface area contributed by atoms with E-state index < -0.39 is 30.4 Å². The number of hydrogen-bond acceptors (Lipinski definition) is 5. The van der Waals surface area contributed by atoms with Crippen molar-refractivity contribution in [2.45, 2.75) is 19.4 Å². The Labute approximate surface area is 104 Å². The number of esters is 1. The van der Waals surface area contributed by atoms with Crippen LogP contribution in [0.25, 0.3) is 0 Å². The van der Waals surface area contributed by atoms with Crippen molar-refractivity contribution in [2.75, 3.05) is 6.61 Å². The lowest BCUT2D eigenvalue weighted by atomic mass is 9.93. The maximum Gasteiger partial charge on any atom is 0.312 e. The van der Waals surface area contributed by atoms with Crippen LogP contribution in [0.15, 0.2) is 24.5 Å². The average molecular weight is 253 g/mol. The third-order valence-electron chi connectivity index (χ3n) is 2.41. The molecule has 1 rings (SSSR count). The van der Waals surface area contributed by atoms with Gasteiger partial charge in [0.2, 0.25) is 0 Å². The minimum atomic E-state index is -1.22. The molecule has 1 aromatic heterocycles. The summed E-state index contributed by atoms with van der Waals surface area (Å²) in [6, 6.07) is 3.05. The van der Waals surface area contributed by atoms with Gasteiger partial charge in [0.25, 0.3) is 0 Å². The lowest BCUT2D eigenvalue weighted by molar-refractivity contribution is -0.157. The van der Waals surface area contributed by atoms with Crippen molar-refractivity contribution in [1.82, 2.24) is 4.98 Å². The summed E-state index contributed by atoms with van der Waals surface area (Å²) in [6.07, 6.45) is 1.22. The van der Waals surface area contributed by atoms with E-state index in [1.54, 1.807) is 6.92 Å². The number of carboxylic acids is 1. The topological polar surface area (TPSA) is 96.7 Å². The van der Waals surface area contributed by atoms with Gasteiger partial charge in [0.15, 0.2) is 0 Å². The summed E-state index contributed by atoms with van der Waals surface area (Å²) in [5, 5.41) is 18.8. The monoisotopic (exact) mass is 253 g/mol. The van der Waals surface area contributed by atoms with Crippen molar-refractivity contribution in [1.29, 1.82) is 0 Å². The first kappa shape index (κ1) is 14.1. The van der Waals surface area contributed by atoms with Crippen LogP contribution in [0.1, 0.15) is 25.0 Å². The Kier molecular flexibility index (Phi) is 5.26. The molecule has 0 aromatic carbocycles. The van der Waals surface area contributed by atoms with Gasteiger partial charge in [-0.25, -0.2) is 0 Å². The van der Waals surface area contributed by atoms with Crippen LogP contribution in [0, 0.1) is 5.92 Å². The van der Waals surface area contributed by atoms with E-state index in [-0.39, 0.29) is 6.61 Å². The molecule has 98 valence electrons. The molecule has 0 fully saturated rings. The molecule has 0 saturated carbocycles. The highest BCUT2D eigenvalue weighted by Crippen LogP contribution is 2.25. The number of carboxylic acid groups (broad SMARTS) is 1. The Balaban J connectivity index is 2.88. The van der Waals surface area contributed by atoms with E-state index in [9.17, 15) is 14.7 Å². The van der Waals surface area contributed by atoms with Crippen LogP contribution in [0.4, 0.5) is 0 Å². The van der Waals surface area contributed by atoms with Gasteiger partial charge in [-0.05, 0) is 24.6 Å². The summed E-state index contributed by atoms with van der Waals surface area (Å²) in [5.74, 6) is -3.00. The van der Waals surface area contributed by atoms with Gasteiger partial charge in [-0.2, -0.15) is 0 Å². The molecule has 6 nitrogen and oxygen atoms in total. The predicted octanol–water partition coefficient (Wildman–Crippen LogP) is 0.769. The van der Waals surface area contributed by atoms with Crippen LogP contribution in [-0.4, -0.2) is 33.7 Å². The van der Waals surface area contributed by atoms with Gasteiger partial charge < -0.3 is 14.9 Å². The molecule has 0 saturated heterocycles. The average Bonchev–Trinajstić information content (AvgIpc) is 2.36. The van der Waals surface area contributed by atoms with Crippen LogP contribution in [-0.2, 0) is 14.3 Å². The van der Waals surface area contributed by atoms with Crippen LogP contribution in [0.5, 0.6) is 0 Å². The minimum Gasteiger partial charge on any atom is -0.481 e. The lowest BCUT2D eigenvalue weighted by Gasteiger charge is -2.19. The van der Waals surface area contributed by atoms with E-state index in [4.69, 9.17) is 9.84 Å². The fourth-order valence-electron chi connectivity index (χ4n) is 1.55. The molecule has 0 aliphatic carbocycles.